The molecule has 0 bridgehead atoms. The van der Waals surface area contributed by atoms with Crippen molar-refractivity contribution in [3.05, 3.63) is 29.8 Å². The smallest absolute Gasteiger partial charge is 0.166 e. The van der Waals surface area contributed by atoms with Crippen LogP contribution in [0.5, 0.6) is 5.75 Å². The van der Waals surface area contributed by atoms with Gasteiger partial charge in [0.1, 0.15) is 5.75 Å². The first-order valence-electron chi connectivity index (χ1n) is 5.01. The largest absolute Gasteiger partial charge is 0.493 e. The van der Waals surface area contributed by atoms with Gasteiger partial charge in [-0.15, -0.1) is 0 Å². The molecule has 0 spiro atoms. The number of benzene rings is 1. The third-order valence-electron chi connectivity index (χ3n) is 2.49. The van der Waals surface area contributed by atoms with E-state index in [1.165, 1.54) is 5.56 Å². The summed E-state index contributed by atoms with van der Waals surface area (Å²) in [7, 11) is 1.82. The molecule has 0 radical (unpaired) electrons. The average molecular weight is 222 g/mol. The molecule has 15 heavy (non-hydrogen) atoms. The molecule has 0 fully saturated rings. The molecule has 2 N–H and O–H groups in total. The van der Waals surface area contributed by atoms with Crippen LogP contribution in [0, 0.1) is 0 Å². The molecule has 0 aromatic heterocycles. The van der Waals surface area contributed by atoms with Gasteiger partial charge in [-0.05, 0) is 18.3 Å². The van der Waals surface area contributed by atoms with Gasteiger partial charge in [0.2, 0.25) is 0 Å². The fraction of sp³-hybridized carbons (Fsp3) is 0.364. The molecule has 1 aromatic carbocycles. The second kappa shape index (κ2) is 4.49. The summed E-state index contributed by atoms with van der Waals surface area (Å²) < 4.78 is 5.57. The van der Waals surface area contributed by atoms with Crippen molar-refractivity contribution in [3.63, 3.8) is 0 Å². The standard InChI is InChI=1S/C11H14N2OS/c1-12-11(15)13-9-6-7-14-10-5-3-2-4-8(9)10/h2-5,9H,6-7H2,1H3,(H2,12,13,15)/t9-/m1/s1. The summed E-state index contributed by atoms with van der Waals surface area (Å²) in [6.45, 7) is 0.737. The molecular weight excluding hydrogens is 208 g/mol. The van der Waals surface area contributed by atoms with Gasteiger partial charge >= 0.3 is 0 Å². The van der Waals surface area contributed by atoms with Crippen LogP contribution in [0.2, 0.25) is 0 Å². The maximum Gasteiger partial charge on any atom is 0.166 e. The molecule has 1 aliphatic rings. The summed E-state index contributed by atoms with van der Waals surface area (Å²) in [6.07, 6.45) is 0.943. The van der Waals surface area contributed by atoms with Crippen LogP contribution in [0.1, 0.15) is 18.0 Å². The number of hydrogen-bond acceptors (Lipinski definition) is 2. The molecular formula is C11H14N2OS. The van der Waals surface area contributed by atoms with E-state index < -0.39 is 0 Å². The Morgan fingerprint density at radius 2 is 2.27 bits per heavy atom. The van der Waals surface area contributed by atoms with Gasteiger partial charge < -0.3 is 15.4 Å². The van der Waals surface area contributed by atoms with E-state index in [1.807, 2.05) is 25.2 Å². The van der Waals surface area contributed by atoms with Crippen molar-refractivity contribution in [1.82, 2.24) is 10.6 Å². The van der Waals surface area contributed by atoms with Gasteiger partial charge in [-0.3, -0.25) is 0 Å². The van der Waals surface area contributed by atoms with E-state index in [-0.39, 0.29) is 6.04 Å². The van der Waals surface area contributed by atoms with E-state index in [0.717, 1.165) is 18.8 Å². The molecule has 1 heterocycles. The Kier molecular flexibility index (Phi) is 3.06. The van der Waals surface area contributed by atoms with Crippen LogP contribution in [0.4, 0.5) is 0 Å². The summed E-state index contributed by atoms with van der Waals surface area (Å²) in [4.78, 5) is 0. The highest BCUT2D eigenvalue weighted by molar-refractivity contribution is 7.80. The number of thiocarbonyl (C=S) groups is 1. The molecule has 0 unspecified atom stereocenters. The SMILES string of the molecule is CNC(=S)N[C@@H]1CCOc2ccccc21. The van der Waals surface area contributed by atoms with Gasteiger partial charge in [-0.25, -0.2) is 0 Å². The number of para-hydroxylation sites is 1. The first kappa shape index (κ1) is 10.2. The Morgan fingerprint density at radius 1 is 1.47 bits per heavy atom. The zero-order valence-electron chi connectivity index (χ0n) is 8.62. The predicted octanol–water partition coefficient (Wildman–Crippen LogP) is 1.60. The third-order valence-corrected chi connectivity index (χ3v) is 2.81. The third kappa shape index (κ3) is 2.21. The molecule has 2 rings (SSSR count). The lowest BCUT2D eigenvalue weighted by molar-refractivity contribution is 0.262. The normalized spacial score (nSPS) is 18.6. The van der Waals surface area contributed by atoms with Crippen molar-refractivity contribution in [2.45, 2.75) is 12.5 Å². The minimum Gasteiger partial charge on any atom is -0.493 e. The second-order valence-electron chi connectivity index (χ2n) is 3.45. The van der Waals surface area contributed by atoms with Crippen molar-refractivity contribution in [1.29, 1.82) is 0 Å². The lowest BCUT2D eigenvalue weighted by atomic mass is 10.0. The molecule has 1 aromatic rings. The zero-order chi connectivity index (χ0) is 10.7. The fourth-order valence-electron chi connectivity index (χ4n) is 1.72. The molecule has 0 amide bonds. The van der Waals surface area contributed by atoms with E-state index in [2.05, 4.69) is 16.7 Å². The summed E-state index contributed by atoms with van der Waals surface area (Å²) in [6, 6.07) is 8.33. The minimum absolute atomic E-state index is 0.259. The van der Waals surface area contributed by atoms with Crippen molar-refractivity contribution >= 4 is 17.3 Å². The minimum atomic E-state index is 0.259. The monoisotopic (exact) mass is 222 g/mol. The molecule has 1 atom stereocenters. The highest BCUT2D eigenvalue weighted by Gasteiger charge is 2.20. The maximum atomic E-state index is 5.57. The highest BCUT2D eigenvalue weighted by atomic mass is 32.1. The highest BCUT2D eigenvalue weighted by Crippen LogP contribution is 2.31. The number of fused-ring (bicyclic) bond motifs is 1. The Balaban J connectivity index is 2.18. The van der Waals surface area contributed by atoms with E-state index >= 15 is 0 Å². The van der Waals surface area contributed by atoms with Gasteiger partial charge in [0.15, 0.2) is 5.11 Å². The number of rotatable bonds is 1. The zero-order valence-corrected chi connectivity index (χ0v) is 9.43. The van der Waals surface area contributed by atoms with E-state index in [0.29, 0.717) is 5.11 Å². The Labute approximate surface area is 94.8 Å². The Bertz CT molecular complexity index is 367. The average Bonchev–Trinajstić information content (AvgIpc) is 2.29. The van der Waals surface area contributed by atoms with E-state index in [1.54, 1.807) is 0 Å². The van der Waals surface area contributed by atoms with Crippen molar-refractivity contribution in [2.24, 2.45) is 0 Å². The van der Waals surface area contributed by atoms with Crippen LogP contribution < -0.4 is 15.4 Å². The van der Waals surface area contributed by atoms with Crippen LogP contribution in [-0.2, 0) is 0 Å². The van der Waals surface area contributed by atoms with Gasteiger partial charge in [0, 0.05) is 19.0 Å². The summed E-state index contributed by atoms with van der Waals surface area (Å²) in [5, 5.41) is 6.87. The maximum absolute atomic E-state index is 5.57. The quantitative estimate of drug-likeness (QED) is 0.707. The summed E-state index contributed by atoms with van der Waals surface area (Å²) in [5.74, 6) is 0.958. The molecule has 3 nitrogen and oxygen atoms in total. The number of ether oxygens (including phenoxy) is 1. The molecule has 0 aliphatic carbocycles. The number of hydrogen-bond donors (Lipinski definition) is 2. The van der Waals surface area contributed by atoms with Crippen LogP contribution in [0.25, 0.3) is 0 Å². The van der Waals surface area contributed by atoms with E-state index in [4.69, 9.17) is 17.0 Å². The van der Waals surface area contributed by atoms with Gasteiger partial charge in [-0.2, -0.15) is 0 Å². The topological polar surface area (TPSA) is 33.3 Å². The Hall–Kier alpha value is -1.29. The molecule has 0 saturated heterocycles. The van der Waals surface area contributed by atoms with Crippen molar-refractivity contribution < 1.29 is 4.74 Å². The fourth-order valence-corrected chi connectivity index (χ4v) is 1.86. The lowest BCUT2D eigenvalue weighted by Crippen LogP contribution is -2.37. The van der Waals surface area contributed by atoms with Crippen molar-refractivity contribution in [3.8, 4) is 5.75 Å². The predicted molar refractivity (Wildman–Crippen MR) is 64.1 cm³/mol. The summed E-state index contributed by atoms with van der Waals surface area (Å²) >= 11 is 5.10. The van der Waals surface area contributed by atoms with Gasteiger partial charge in [-0.1, -0.05) is 18.2 Å². The molecule has 80 valence electrons. The summed E-state index contributed by atoms with van der Waals surface area (Å²) in [5.41, 5.74) is 1.18. The van der Waals surface area contributed by atoms with E-state index in [9.17, 15) is 0 Å². The molecule has 0 saturated carbocycles. The lowest BCUT2D eigenvalue weighted by Gasteiger charge is -2.27. The number of nitrogens with one attached hydrogen (secondary N) is 2. The van der Waals surface area contributed by atoms with Gasteiger partial charge in [0.25, 0.3) is 0 Å². The first-order valence-corrected chi connectivity index (χ1v) is 5.42. The van der Waals surface area contributed by atoms with Crippen LogP contribution >= 0.6 is 12.2 Å². The van der Waals surface area contributed by atoms with Crippen LogP contribution in [0.3, 0.4) is 0 Å². The van der Waals surface area contributed by atoms with Crippen molar-refractivity contribution in [2.75, 3.05) is 13.7 Å². The Morgan fingerprint density at radius 3 is 3.07 bits per heavy atom. The van der Waals surface area contributed by atoms with Gasteiger partial charge in [0.05, 0.1) is 12.6 Å². The molecule has 1 aliphatic heterocycles. The first-order chi connectivity index (χ1) is 7.31. The molecule has 4 heteroatoms. The van der Waals surface area contributed by atoms with Crippen LogP contribution in [-0.4, -0.2) is 18.8 Å². The second-order valence-corrected chi connectivity index (χ2v) is 3.86. The van der Waals surface area contributed by atoms with Crippen LogP contribution in [0.15, 0.2) is 24.3 Å².